The molecule has 0 aromatic heterocycles. The van der Waals surface area contributed by atoms with Crippen LogP contribution in [0.1, 0.15) is 34.5 Å². The summed E-state index contributed by atoms with van der Waals surface area (Å²) in [5.74, 6) is -0.963. The molecule has 0 spiro atoms. The number of rotatable bonds is 5. The van der Waals surface area contributed by atoms with Crippen LogP contribution in [0.3, 0.4) is 0 Å². The highest BCUT2D eigenvalue weighted by Crippen LogP contribution is 2.17. The first kappa shape index (κ1) is 16.5. The molecule has 0 fully saturated rings. The summed E-state index contributed by atoms with van der Waals surface area (Å²) < 4.78 is 5.03. The van der Waals surface area contributed by atoms with Gasteiger partial charge in [0.05, 0.1) is 11.6 Å². The number of hydrogen-bond acceptors (Lipinski definition) is 4. The number of nitrogen functional groups attached to an aromatic ring is 1. The maximum atomic E-state index is 12.0. The molecule has 1 unspecified atom stereocenters. The van der Waals surface area contributed by atoms with Crippen LogP contribution in [0.2, 0.25) is 0 Å². The van der Waals surface area contributed by atoms with E-state index in [1.54, 1.807) is 25.1 Å². The van der Waals surface area contributed by atoms with Crippen LogP contribution in [-0.2, 0) is 9.53 Å². The molecule has 0 saturated carbocycles. The topological polar surface area (TPSA) is 81.4 Å². The van der Waals surface area contributed by atoms with Crippen molar-refractivity contribution in [2.45, 2.75) is 19.9 Å². The van der Waals surface area contributed by atoms with Gasteiger partial charge in [0.15, 0.2) is 6.61 Å². The van der Waals surface area contributed by atoms with Crippen LogP contribution < -0.4 is 11.1 Å². The molecule has 5 nitrogen and oxygen atoms in total. The third kappa shape index (κ3) is 4.32. The number of aryl methyl sites for hydroxylation is 1. The highest BCUT2D eigenvalue weighted by Gasteiger charge is 2.15. The quantitative estimate of drug-likeness (QED) is 0.657. The Bertz CT molecular complexity index is 699. The summed E-state index contributed by atoms with van der Waals surface area (Å²) in [5.41, 5.74) is 8.26. The number of carbonyl (C=O) groups is 2. The van der Waals surface area contributed by atoms with Crippen molar-refractivity contribution in [2.75, 3.05) is 12.3 Å². The molecule has 120 valence electrons. The maximum Gasteiger partial charge on any atom is 0.340 e. The summed E-state index contributed by atoms with van der Waals surface area (Å²) in [6, 6.07) is 14.5. The van der Waals surface area contributed by atoms with Gasteiger partial charge in [0.1, 0.15) is 0 Å². The van der Waals surface area contributed by atoms with Crippen molar-refractivity contribution < 1.29 is 14.3 Å². The Morgan fingerprint density at radius 3 is 2.52 bits per heavy atom. The van der Waals surface area contributed by atoms with Crippen LogP contribution in [-0.4, -0.2) is 18.5 Å². The maximum absolute atomic E-state index is 12.0. The highest BCUT2D eigenvalue weighted by atomic mass is 16.5. The van der Waals surface area contributed by atoms with E-state index in [0.717, 1.165) is 11.1 Å². The molecule has 23 heavy (non-hydrogen) atoms. The smallest absolute Gasteiger partial charge is 0.340 e. The zero-order valence-corrected chi connectivity index (χ0v) is 13.2. The fraction of sp³-hybridized carbons (Fsp3) is 0.222. The number of carbonyl (C=O) groups excluding carboxylic acids is 2. The standard InChI is InChI=1S/C18H20N2O3/c1-12-7-6-10-15(17(12)19)18(22)23-11-16(21)20-13(2)14-8-4-3-5-9-14/h3-10,13H,11,19H2,1-2H3,(H,20,21). The number of hydrogen-bond donors (Lipinski definition) is 2. The molecule has 2 aromatic rings. The third-order valence-electron chi connectivity index (χ3n) is 3.56. The lowest BCUT2D eigenvalue weighted by molar-refractivity contribution is -0.124. The lowest BCUT2D eigenvalue weighted by Gasteiger charge is -2.14. The average molecular weight is 312 g/mol. The molecule has 0 radical (unpaired) electrons. The summed E-state index contributed by atoms with van der Waals surface area (Å²) in [6.07, 6.45) is 0. The van der Waals surface area contributed by atoms with Crippen LogP contribution in [0.15, 0.2) is 48.5 Å². The molecule has 2 aromatic carbocycles. The van der Waals surface area contributed by atoms with Gasteiger partial charge in [0, 0.05) is 5.69 Å². The van der Waals surface area contributed by atoms with E-state index < -0.39 is 5.97 Å². The van der Waals surface area contributed by atoms with Gasteiger partial charge in [-0.2, -0.15) is 0 Å². The number of nitrogens with two attached hydrogens (primary N) is 1. The molecule has 0 aliphatic heterocycles. The molecule has 3 N–H and O–H groups in total. The van der Waals surface area contributed by atoms with Crippen LogP contribution in [0.4, 0.5) is 5.69 Å². The van der Waals surface area contributed by atoms with Gasteiger partial charge in [0.25, 0.3) is 5.91 Å². The van der Waals surface area contributed by atoms with Crippen molar-refractivity contribution in [1.82, 2.24) is 5.32 Å². The lowest BCUT2D eigenvalue weighted by Crippen LogP contribution is -2.31. The normalized spacial score (nSPS) is 11.6. The minimum absolute atomic E-state index is 0.161. The predicted molar refractivity (Wildman–Crippen MR) is 88.9 cm³/mol. The zero-order chi connectivity index (χ0) is 16.8. The lowest BCUT2D eigenvalue weighted by atomic mass is 10.1. The summed E-state index contributed by atoms with van der Waals surface area (Å²) in [4.78, 5) is 23.9. The summed E-state index contributed by atoms with van der Waals surface area (Å²) in [5, 5.41) is 2.78. The van der Waals surface area contributed by atoms with Crippen LogP contribution in [0, 0.1) is 6.92 Å². The monoisotopic (exact) mass is 312 g/mol. The second-order valence-corrected chi connectivity index (χ2v) is 5.31. The first-order valence-corrected chi connectivity index (χ1v) is 7.35. The van der Waals surface area contributed by atoms with E-state index in [1.807, 2.05) is 37.3 Å². The van der Waals surface area contributed by atoms with Gasteiger partial charge >= 0.3 is 5.97 Å². The largest absolute Gasteiger partial charge is 0.452 e. The SMILES string of the molecule is Cc1cccc(C(=O)OCC(=O)NC(C)c2ccccc2)c1N. The van der Waals surface area contributed by atoms with Crippen molar-refractivity contribution in [1.29, 1.82) is 0 Å². The fourth-order valence-corrected chi connectivity index (χ4v) is 2.18. The molecular formula is C18H20N2O3. The Morgan fingerprint density at radius 1 is 1.13 bits per heavy atom. The number of esters is 1. The molecular weight excluding hydrogens is 292 g/mol. The number of ether oxygens (including phenoxy) is 1. The van der Waals surface area contributed by atoms with Crippen molar-refractivity contribution >= 4 is 17.6 Å². The second-order valence-electron chi connectivity index (χ2n) is 5.31. The van der Waals surface area contributed by atoms with E-state index in [-0.39, 0.29) is 24.1 Å². The highest BCUT2D eigenvalue weighted by molar-refractivity contribution is 5.96. The second kappa shape index (κ2) is 7.45. The van der Waals surface area contributed by atoms with E-state index in [2.05, 4.69) is 5.32 Å². The molecule has 1 amide bonds. The fourth-order valence-electron chi connectivity index (χ4n) is 2.18. The van der Waals surface area contributed by atoms with Gasteiger partial charge in [-0.25, -0.2) is 4.79 Å². The molecule has 0 saturated heterocycles. The minimum Gasteiger partial charge on any atom is -0.452 e. The molecule has 2 rings (SSSR count). The van der Waals surface area contributed by atoms with E-state index in [4.69, 9.17) is 10.5 Å². The van der Waals surface area contributed by atoms with Gasteiger partial charge < -0.3 is 15.8 Å². The number of amides is 1. The zero-order valence-electron chi connectivity index (χ0n) is 13.2. The average Bonchev–Trinajstić information content (AvgIpc) is 2.56. The Hall–Kier alpha value is -2.82. The summed E-state index contributed by atoms with van der Waals surface area (Å²) >= 11 is 0. The molecule has 1 atom stereocenters. The van der Waals surface area contributed by atoms with Crippen molar-refractivity contribution in [3.63, 3.8) is 0 Å². The van der Waals surface area contributed by atoms with E-state index >= 15 is 0 Å². The molecule has 0 aliphatic rings. The van der Waals surface area contributed by atoms with Crippen LogP contribution in [0.5, 0.6) is 0 Å². The van der Waals surface area contributed by atoms with Crippen molar-refractivity contribution in [3.05, 3.63) is 65.2 Å². The Balaban J connectivity index is 1.89. The van der Waals surface area contributed by atoms with E-state index in [0.29, 0.717) is 5.69 Å². The third-order valence-corrected chi connectivity index (χ3v) is 3.56. The van der Waals surface area contributed by atoms with Gasteiger partial charge in [-0.15, -0.1) is 0 Å². The van der Waals surface area contributed by atoms with Gasteiger partial charge in [-0.3, -0.25) is 4.79 Å². The first-order valence-electron chi connectivity index (χ1n) is 7.35. The molecule has 0 heterocycles. The predicted octanol–water partition coefficient (Wildman–Crippen LogP) is 2.61. The van der Waals surface area contributed by atoms with E-state index in [9.17, 15) is 9.59 Å². The minimum atomic E-state index is -0.603. The number of nitrogens with one attached hydrogen (secondary N) is 1. The number of benzene rings is 2. The van der Waals surface area contributed by atoms with Gasteiger partial charge in [-0.05, 0) is 31.0 Å². The number of para-hydroxylation sites is 1. The van der Waals surface area contributed by atoms with Crippen molar-refractivity contribution in [2.24, 2.45) is 0 Å². The summed E-state index contributed by atoms with van der Waals surface area (Å²) in [6.45, 7) is 3.33. The van der Waals surface area contributed by atoms with Crippen LogP contribution >= 0.6 is 0 Å². The number of anilines is 1. The van der Waals surface area contributed by atoms with E-state index in [1.165, 1.54) is 0 Å². The van der Waals surface area contributed by atoms with Gasteiger partial charge in [0.2, 0.25) is 0 Å². The van der Waals surface area contributed by atoms with Gasteiger partial charge in [-0.1, -0.05) is 42.5 Å². The first-order chi connectivity index (χ1) is 11.0. The molecule has 5 heteroatoms. The van der Waals surface area contributed by atoms with Crippen LogP contribution in [0.25, 0.3) is 0 Å². The molecule has 0 aliphatic carbocycles. The Morgan fingerprint density at radius 2 is 1.83 bits per heavy atom. The molecule has 0 bridgehead atoms. The summed E-state index contributed by atoms with van der Waals surface area (Å²) in [7, 11) is 0. The Labute approximate surface area is 135 Å². The Kier molecular flexibility index (Phi) is 5.36. The van der Waals surface area contributed by atoms with Crippen molar-refractivity contribution in [3.8, 4) is 0 Å².